The molecule has 96 valence electrons. The third kappa shape index (κ3) is 7.23. The highest BCUT2D eigenvalue weighted by Crippen LogP contribution is 2.09. The molecule has 0 atom stereocenters. The molecule has 0 amide bonds. The summed E-state index contributed by atoms with van der Waals surface area (Å²) in [6, 6.07) is 6.27. The summed E-state index contributed by atoms with van der Waals surface area (Å²) >= 11 is 1.57. The summed E-state index contributed by atoms with van der Waals surface area (Å²) in [4.78, 5) is 0. The van der Waals surface area contributed by atoms with Gasteiger partial charge in [0.05, 0.1) is 5.75 Å². The number of hydrogen-bond donors (Lipinski definition) is 1. The molecule has 0 fully saturated rings. The Morgan fingerprint density at radius 2 is 2.12 bits per heavy atom. The van der Waals surface area contributed by atoms with Gasteiger partial charge >= 0.3 is 0 Å². The van der Waals surface area contributed by atoms with Crippen LogP contribution in [-0.2, 0) is 9.84 Å². The lowest BCUT2D eigenvalue weighted by molar-refractivity contribution is 0.603. The van der Waals surface area contributed by atoms with Crippen molar-refractivity contribution in [1.82, 2.24) is 0 Å². The van der Waals surface area contributed by atoms with Crippen LogP contribution >= 0.6 is 11.8 Å². The summed E-state index contributed by atoms with van der Waals surface area (Å²) in [6.45, 7) is 0.692. The lowest BCUT2D eigenvalue weighted by Crippen LogP contribution is -2.08. The second-order valence-electron chi connectivity index (χ2n) is 3.68. The molecule has 0 bridgehead atoms. The average molecular weight is 277 g/mol. The standard InChI is InChI=1S/C11H16FNO2S2/c1-17(14,15)8-7-16-6-5-13-11-4-2-3-10(12)9-11/h2-4,9,13H,5-8H2,1H3. The lowest BCUT2D eigenvalue weighted by atomic mass is 10.3. The zero-order valence-corrected chi connectivity index (χ0v) is 11.3. The molecular formula is C11H16FNO2S2. The molecule has 0 heterocycles. The van der Waals surface area contributed by atoms with Gasteiger partial charge in [-0.25, -0.2) is 12.8 Å². The Labute approximate surface area is 106 Å². The van der Waals surface area contributed by atoms with Gasteiger partial charge in [-0.05, 0) is 18.2 Å². The molecule has 0 radical (unpaired) electrons. The van der Waals surface area contributed by atoms with Crippen LogP contribution in [0.1, 0.15) is 0 Å². The van der Waals surface area contributed by atoms with E-state index in [4.69, 9.17) is 0 Å². The van der Waals surface area contributed by atoms with Crippen LogP contribution in [0, 0.1) is 5.82 Å². The van der Waals surface area contributed by atoms with Crippen molar-refractivity contribution in [2.24, 2.45) is 0 Å². The number of rotatable bonds is 7. The molecular weight excluding hydrogens is 261 g/mol. The molecule has 6 heteroatoms. The van der Waals surface area contributed by atoms with Crippen LogP contribution in [0.5, 0.6) is 0 Å². The van der Waals surface area contributed by atoms with Crippen LogP contribution in [-0.4, -0.2) is 38.5 Å². The largest absolute Gasteiger partial charge is 0.384 e. The molecule has 0 aliphatic heterocycles. The molecule has 1 rings (SSSR count). The Morgan fingerprint density at radius 3 is 2.76 bits per heavy atom. The minimum Gasteiger partial charge on any atom is -0.384 e. The first-order chi connectivity index (χ1) is 7.97. The summed E-state index contributed by atoms with van der Waals surface area (Å²) < 4.78 is 34.5. The fourth-order valence-corrected chi connectivity index (χ4v) is 3.31. The fourth-order valence-electron chi connectivity index (χ4n) is 1.18. The highest BCUT2D eigenvalue weighted by molar-refractivity contribution is 8.00. The van der Waals surface area contributed by atoms with Gasteiger partial charge in [0.15, 0.2) is 0 Å². The first-order valence-electron chi connectivity index (χ1n) is 5.22. The first kappa shape index (κ1) is 14.3. The van der Waals surface area contributed by atoms with Crippen molar-refractivity contribution in [2.75, 3.05) is 35.4 Å². The SMILES string of the molecule is CS(=O)(=O)CCSCCNc1cccc(F)c1. The molecule has 0 saturated carbocycles. The van der Waals surface area contributed by atoms with Gasteiger partial charge in [0, 0.05) is 30.0 Å². The predicted octanol–water partition coefficient (Wildman–Crippen LogP) is 2.02. The molecule has 1 aromatic rings. The van der Waals surface area contributed by atoms with Crippen LogP contribution in [0.2, 0.25) is 0 Å². The fraction of sp³-hybridized carbons (Fsp3) is 0.455. The Morgan fingerprint density at radius 1 is 1.35 bits per heavy atom. The van der Waals surface area contributed by atoms with E-state index < -0.39 is 9.84 Å². The van der Waals surface area contributed by atoms with Crippen molar-refractivity contribution in [3.8, 4) is 0 Å². The van der Waals surface area contributed by atoms with Gasteiger partial charge in [0.25, 0.3) is 0 Å². The van der Waals surface area contributed by atoms with Crippen molar-refractivity contribution in [1.29, 1.82) is 0 Å². The topological polar surface area (TPSA) is 46.2 Å². The molecule has 1 aromatic carbocycles. The first-order valence-corrected chi connectivity index (χ1v) is 8.44. The maximum absolute atomic E-state index is 12.8. The zero-order valence-electron chi connectivity index (χ0n) is 9.65. The van der Waals surface area contributed by atoms with Gasteiger partial charge in [-0.15, -0.1) is 0 Å². The number of anilines is 1. The number of halogens is 1. The van der Waals surface area contributed by atoms with E-state index in [9.17, 15) is 12.8 Å². The monoisotopic (exact) mass is 277 g/mol. The Hall–Kier alpha value is -0.750. The molecule has 0 spiro atoms. The molecule has 0 unspecified atom stereocenters. The molecule has 1 N–H and O–H groups in total. The Balaban J connectivity index is 2.13. The maximum Gasteiger partial charge on any atom is 0.148 e. The number of sulfone groups is 1. The Kier molecular flexibility index (Phi) is 5.77. The summed E-state index contributed by atoms with van der Waals surface area (Å²) in [7, 11) is -2.86. The van der Waals surface area contributed by atoms with Crippen molar-refractivity contribution in [2.45, 2.75) is 0 Å². The van der Waals surface area contributed by atoms with E-state index in [1.807, 2.05) is 0 Å². The summed E-state index contributed by atoms with van der Waals surface area (Å²) in [5.74, 6) is 1.34. The Bertz CT molecular complexity index is 449. The van der Waals surface area contributed by atoms with Gasteiger partial charge in [0.1, 0.15) is 15.7 Å². The third-order valence-corrected chi connectivity index (χ3v) is 4.19. The smallest absolute Gasteiger partial charge is 0.148 e. The van der Waals surface area contributed by atoms with Gasteiger partial charge in [-0.1, -0.05) is 6.07 Å². The lowest BCUT2D eigenvalue weighted by Gasteiger charge is -2.05. The molecule has 0 aliphatic rings. The van der Waals surface area contributed by atoms with E-state index in [-0.39, 0.29) is 11.6 Å². The number of nitrogens with one attached hydrogen (secondary N) is 1. The van der Waals surface area contributed by atoms with E-state index in [0.29, 0.717) is 12.3 Å². The average Bonchev–Trinajstić information content (AvgIpc) is 2.22. The highest BCUT2D eigenvalue weighted by atomic mass is 32.2. The number of benzene rings is 1. The van der Waals surface area contributed by atoms with Crippen LogP contribution in [0.25, 0.3) is 0 Å². The van der Waals surface area contributed by atoms with E-state index >= 15 is 0 Å². The normalized spacial score (nSPS) is 11.4. The van der Waals surface area contributed by atoms with Crippen LogP contribution in [0.3, 0.4) is 0 Å². The van der Waals surface area contributed by atoms with Crippen molar-refractivity contribution in [3.05, 3.63) is 30.1 Å². The van der Waals surface area contributed by atoms with Crippen molar-refractivity contribution < 1.29 is 12.8 Å². The summed E-state index contributed by atoms with van der Waals surface area (Å²) in [6.07, 6.45) is 1.23. The minimum atomic E-state index is -2.86. The molecule has 0 saturated heterocycles. The third-order valence-electron chi connectivity index (χ3n) is 2.00. The van der Waals surface area contributed by atoms with Crippen LogP contribution in [0.4, 0.5) is 10.1 Å². The summed E-state index contributed by atoms with van der Waals surface area (Å²) in [5, 5.41) is 3.07. The molecule has 0 aromatic heterocycles. The highest BCUT2D eigenvalue weighted by Gasteiger charge is 2.01. The predicted molar refractivity (Wildman–Crippen MR) is 71.9 cm³/mol. The van der Waals surface area contributed by atoms with Crippen molar-refractivity contribution in [3.63, 3.8) is 0 Å². The minimum absolute atomic E-state index is 0.206. The van der Waals surface area contributed by atoms with E-state index in [1.165, 1.54) is 18.4 Å². The molecule has 17 heavy (non-hydrogen) atoms. The van der Waals surface area contributed by atoms with Gasteiger partial charge in [0.2, 0.25) is 0 Å². The van der Waals surface area contributed by atoms with Gasteiger partial charge in [-0.3, -0.25) is 0 Å². The second kappa shape index (κ2) is 6.86. The second-order valence-corrected chi connectivity index (χ2v) is 7.16. The van der Waals surface area contributed by atoms with E-state index in [0.717, 1.165) is 11.4 Å². The zero-order chi connectivity index (χ0) is 12.7. The molecule has 3 nitrogen and oxygen atoms in total. The van der Waals surface area contributed by atoms with Crippen LogP contribution in [0.15, 0.2) is 24.3 Å². The number of thioether (sulfide) groups is 1. The van der Waals surface area contributed by atoms with E-state index in [1.54, 1.807) is 23.9 Å². The quantitative estimate of drug-likeness (QED) is 0.775. The summed E-state index contributed by atoms with van der Waals surface area (Å²) in [5.41, 5.74) is 0.744. The maximum atomic E-state index is 12.8. The van der Waals surface area contributed by atoms with Crippen molar-refractivity contribution >= 4 is 27.3 Å². The van der Waals surface area contributed by atoms with E-state index in [2.05, 4.69) is 5.32 Å². The number of hydrogen-bond acceptors (Lipinski definition) is 4. The molecule has 0 aliphatic carbocycles. The van der Waals surface area contributed by atoms with Gasteiger partial charge < -0.3 is 5.32 Å². The van der Waals surface area contributed by atoms with Gasteiger partial charge in [-0.2, -0.15) is 11.8 Å². The van der Waals surface area contributed by atoms with Crippen LogP contribution < -0.4 is 5.32 Å².